The minimum atomic E-state index is 0.000207. The molecule has 1 aromatic carbocycles. The van der Waals surface area contributed by atoms with Crippen LogP contribution < -0.4 is 5.32 Å². The van der Waals surface area contributed by atoms with Gasteiger partial charge in [-0.05, 0) is 73.5 Å². The first-order chi connectivity index (χ1) is 13.3. The van der Waals surface area contributed by atoms with Gasteiger partial charge in [-0.2, -0.15) is 0 Å². The molecule has 0 radical (unpaired) electrons. The quantitative estimate of drug-likeness (QED) is 0.878. The van der Waals surface area contributed by atoms with Crippen molar-refractivity contribution < 1.29 is 4.79 Å². The Balaban J connectivity index is 1.41. The first kappa shape index (κ1) is 18.1. The van der Waals surface area contributed by atoms with Crippen molar-refractivity contribution in [2.24, 2.45) is 0 Å². The summed E-state index contributed by atoms with van der Waals surface area (Å²) in [7, 11) is 0. The number of piperidine rings is 1. The molecular formula is C20H28N6O. The van der Waals surface area contributed by atoms with E-state index in [0.717, 1.165) is 12.2 Å². The maximum atomic E-state index is 12.7. The number of benzene rings is 1. The lowest BCUT2D eigenvalue weighted by atomic mass is 9.79. The molecular weight excluding hydrogens is 340 g/mol. The Morgan fingerprint density at radius 1 is 1.00 bits per heavy atom. The number of carbonyl (C=O) groups is 1. The monoisotopic (exact) mass is 368 g/mol. The van der Waals surface area contributed by atoms with E-state index in [2.05, 4.69) is 25.7 Å². The van der Waals surface area contributed by atoms with Gasteiger partial charge in [0, 0.05) is 17.6 Å². The van der Waals surface area contributed by atoms with E-state index in [0.29, 0.717) is 5.56 Å². The van der Waals surface area contributed by atoms with Gasteiger partial charge in [-0.3, -0.25) is 9.69 Å². The maximum absolute atomic E-state index is 12.7. The summed E-state index contributed by atoms with van der Waals surface area (Å²) in [6.45, 7) is 3.10. The lowest BCUT2D eigenvalue weighted by molar-refractivity contribution is 0.0326. The molecule has 1 aliphatic heterocycles. The third kappa shape index (κ3) is 4.03. The van der Waals surface area contributed by atoms with Crippen LogP contribution in [-0.2, 0) is 0 Å². The number of hydrogen-bond donors (Lipinski definition) is 1. The Bertz CT molecular complexity index is 730. The predicted molar refractivity (Wildman–Crippen MR) is 103 cm³/mol. The zero-order chi connectivity index (χ0) is 18.5. The third-order valence-corrected chi connectivity index (χ3v) is 6.13. The highest BCUT2D eigenvalue weighted by atomic mass is 16.1. The zero-order valence-corrected chi connectivity index (χ0v) is 15.8. The van der Waals surface area contributed by atoms with E-state index < -0.39 is 0 Å². The topological polar surface area (TPSA) is 75.9 Å². The highest BCUT2D eigenvalue weighted by molar-refractivity contribution is 5.94. The van der Waals surface area contributed by atoms with Crippen molar-refractivity contribution in [3.05, 3.63) is 36.2 Å². The van der Waals surface area contributed by atoms with E-state index in [-0.39, 0.29) is 11.4 Å². The number of rotatable bonds is 5. The molecule has 1 amide bonds. The summed E-state index contributed by atoms with van der Waals surface area (Å²) in [6, 6.07) is 7.40. The Morgan fingerprint density at radius 3 is 2.37 bits per heavy atom. The number of likely N-dealkylation sites (tertiary alicyclic amines) is 1. The van der Waals surface area contributed by atoms with Crippen molar-refractivity contribution >= 4 is 5.91 Å². The molecule has 0 spiro atoms. The summed E-state index contributed by atoms with van der Waals surface area (Å²) >= 11 is 0. The lowest BCUT2D eigenvalue weighted by Gasteiger charge is -2.48. The highest BCUT2D eigenvalue weighted by Gasteiger charge is 2.38. The Kier molecular flexibility index (Phi) is 5.48. The molecule has 2 aromatic rings. The minimum Gasteiger partial charge on any atom is -0.350 e. The normalized spacial score (nSPS) is 20.3. The fourth-order valence-corrected chi connectivity index (χ4v) is 4.57. The van der Waals surface area contributed by atoms with Crippen LogP contribution in [0.3, 0.4) is 0 Å². The minimum absolute atomic E-state index is 0.000207. The van der Waals surface area contributed by atoms with Crippen molar-refractivity contribution in [2.45, 2.75) is 56.9 Å². The fourth-order valence-electron chi connectivity index (χ4n) is 4.57. The second-order valence-corrected chi connectivity index (χ2v) is 7.82. The van der Waals surface area contributed by atoms with Gasteiger partial charge in [0.15, 0.2) is 0 Å². The van der Waals surface area contributed by atoms with Gasteiger partial charge in [0.2, 0.25) is 0 Å². The molecule has 2 heterocycles. The summed E-state index contributed by atoms with van der Waals surface area (Å²) < 4.78 is 1.58. The fraction of sp³-hybridized carbons (Fsp3) is 0.600. The number of nitrogens with one attached hydrogen (secondary N) is 1. The van der Waals surface area contributed by atoms with Crippen LogP contribution in [0.4, 0.5) is 0 Å². The number of carbonyl (C=O) groups excluding carboxylic acids is 1. The molecule has 1 N–H and O–H groups in total. The Morgan fingerprint density at radius 2 is 1.70 bits per heavy atom. The summed E-state index contributed by atoms with van der Waals surface area (Å²) in [6.07, 6.45) is 11.7. The van der Waals surface area contributed by atoms with Crippen molar-refractivity contribution in [1.82, 2.24) is 30.4 Å². The first-order valence-electron chi connectivity index (χ1n) is 10.1. The van der Waals surface area contributed by atoms with E-state index in [9.17, 15) is 4.79 Å². The molecule has 7 heteroatoms. The van der Waals surface area contributed by atoms with Gasteiger partial charge in [0.05, 0.1) is 5.69 Å². The second kappa shape index (κ2) is 8.17. The SMILES string of the molecule is O=C(NCC1(N2CCCCC2)CCCCC1)c1ccc(-n2cnnn2)cc1. The number of amides is 1. The van der Waals surface area contributed by atoms with Crippen LogP contribution in [0.2, 0.25) is 0 Å². The van der Waals surface area contributed by atoms with Crippen LogP contribution in [0, 0.1) is 0 Å². The second-order valence-electron chi connectivity index (χ2n) is 7.82. The van der Waals surface area contributed by atoms with E-state index in [1.54, 1.807) is 11.0 Å². The summed E-state index contributed by atoms with van der Waals surface area (Å²) in [5, 5.41) is 14.4. The average molecular weight is 368 g/mol. The first-order valence-corrected chi connectivity index (χ1v) is 10.1. The molecule has 1 aromatic heterocycles. The standard InChI is InChI=1S/C20H28N6O/c27-19(17-7-9-18(10-8-17)26-16-22-23-24-26)21-15-20(11-3-1-4-12-20)25-13-5-2-6-14-25/h7-10,16H,1-6,11-15H2,(H,21,27). The molecule has 2 aliphatic rings. The van der Waals surface area contributed by atoms with Crippen LogP contribution in [0.25, 0.3) is 5.69 Å². The molecule has 144 valence electrons. The summed E-state index contributed by atoms with van der Waals surface area (Å²) in [5.74, 6) is 0.000207. The number of tetrazole rings is 1. The van der Waals surface area contributed by atoms with Gasteiger partial charge >= 0.3 is 0 Å². The van der Waals surface area contributed by atoms with Gasteiger partial charge in [0.1, 0.15) is 6.33 Å². The van der Waals surface area contributed by atoms with Gasteiger partial charge in [-0.1, -0.05) is 25.7 Å². The number of nitrogens with zero attached hydrogens (tertiary/aromatic N) is 5. The molecule has 0 bridgehead atoms. The molecule has 2 fully saturated rings. The summed E-state index contributed by atoms with van der Waals surface area (Å²) in [4.78, 5) is 15.4. The van der Waals surface area contributed by atoms with Crippen molar-refractivity contribution in [3.8, 4) is 5.69 Å². The number of aromatic nitrogens is 4. The molecule has 0 atom stereocenters. The smallest absolute Gasteiger partial charge is 0.251 e. The van der Waals surface area contributed by atoms with Gasteiger partial charge in [0.25, 0.3) is 5.91 Å². The average Bonchev–Trinajstić information content (AvgIpc) is 3.28. The molecule has 1 saturated carbocycles. The van der Waals surface area contributed by atoms with Gasteiger partial charge in [-0.25, -0.2) is 4.68 Å². The Hall–Kier alpha value is -2.28. The van der Waals surface area contributed by atoms with Crippen LogP contribution in [0.1, 0.15) is 61.7 Å². The maximum Gasteiger partial charge on any atom is 0.251 e. The van der Waals surface area contributed by atoms with E-state index in [1.807, 2.05) is 24.3 Å². The van der Waals surface area contributed by atoms with E-state index in [1.165, 1.54) is 64.5 Å². The van der Waals surface area contributed by atoms with Crippen LogP contribution >= 0.6 is 0 Å². The molecule has 27 heavy (non-hydrogen) atoms. The zero-order valence-electron chi connectivity index (χ0n) is 15.8. The molecule has 0 unspecified atom stereocenters. The van der Waals surface area contributed by atoms with Gasteiger partial charge < -0.3 is 5.32 Å². The van der Waals surface area contributed by atoms with Crippen LogP contribution in [-0.4, -0.2) is 56.2 Å². The van der Waals surface area contributed by atoms with E-state index in [4.69, 9.17) is 0 Å². The van der Waals surface area contributed by atoms with Crippen LogP contribution in [0.15, 0.2) is 30.6 Å². The van der Waals surface area contributed by atoms with Crippen LogP contribution in [0.5, 0.6) is 0 Å². The van der Waals surface area contributed by atoms with Crippen molar-refractivity contribution in [1.29, 1.82) is 0 Å². The molecule has 1 saturated heterocycles. The third-order valence-electron chi connectivity index (χ3n) is 6.13. The molecule has 4 rings (SSSR count). The van der Waals surface area contributed by atoms with Crippen molar-refractivity contribution in [3.63, 3.8) is 0 Å². The largest absolute Gasteiger partial charge is 0.350 e. The highest BCUT2D eigenvalue weighted by Crippen LogP contribution is 2.35. The lowest BCUT2D eigenvalue weighted by Crippen LogP contribution is -2.58. The predicted octanol–water partition coefficient (Wildman–Crippen LogP) is 2.58. The molecule has 7 nitrogen and oxygen atoms in total. The van der Waals surface area contributed by atoms with Crippen molar-refractivity contribution in [2.75, 3.05) is 19.6 Å². The van der Waals surface area contributed by atoms with E-state index >= 15 is 0 Å². The number of hydrogen-bond acceptors (Lipinski definition) is 5. The van der Waals surface area contributed by atoms with Gasteiger partial charge in [-0.15, -0.1) is 5.10 Å². The molecule has 1 aliphatic carbocycles. The Labute approximate surface area is 160 Å². The summed E-state index contributed by atoms with van der Waals surface area (Å²) in [5.41, 5.74) is 1.67.